The van der Waals surface area contributed by atoms with Gasteiger partial charge in [-0.1, -0.05) is 43.2 Å². The molecule has 0 radical (unpaired) electrons. The van der Waals surface area contributed by atoms with Crippen LogP contribution in [0.25, 0.3) is 16.8 Å². The number of hydrogen-bond donors (Lipinski definition) is 2. The van der Waals surface area contributed by atoms with E-state index in [0.717, 1.165) is 35.3 Å². The minimum Gasteiger partial charge on any atom is -0.302 e. The van der Waals surface area contributed by atoms with E-state index in [1.807, 2.05) is 65.4 Å². The first kappa shape index (κ1) is 25.3. The fraction of sp³-hybridized carbons (Fsp3) is 0.345. The van der Waals surface area contributed by atoms with Crippen molar-refractivity contribution in [2.45, 2.75) is 32.1 Å². The summed E-state index contributed by atoms with van der Waals surface area (Å²) in [5.74, 6) is 2.91. The van der Waals surface area contributed by atoms with Gasteiger partial charge >= 0.3 is 0 Å². The van der Waals surface area contributed by atoms with Crippen molar-refractivity contribution >= 4 is 23.6 Å². The van der Waals surface area contributed by atoms with E-state index in [2.05, 4.69) is 38.4 Å². The van der Waals surface area contributed by atoms with Crippen LogP contribution in [-0.4, -0.2) is 61.7 Å². The maximum Gasteiger partial charge on any atom is 0.258 e. The number of carbonyl (C=O) groups excluding carboxylic acids is 1. The minimum absolute atomic E-state index is 0.184. The van der Waals surface area contributed by atoms with E-state index < -0.39 is 0 Å². The van der Waals surface area contributed by atoms with Crippen molar-refractivity contribution in [3.8, 4) is 16.8 Å². The van der Waals surface area contributed by atoms with E-state index in [1.54, 1.807) is 6.20 Å². The Kier molecular flexibility index (Phi) is 8.71. The van der Waals surface area contributed by atoms with Gasteiger partial charge in [0.1, 0.15) is 0 Å². The van der Waals surface area contributed by atoms with Crippen LogP contribution in [-0.2, 0) is 6.42 Å². The van der Waals surface area contributed by atoms with Crippen molar-refractivity contribution in [1.82, 2.24) is 24.6 Å². The molecule has 3 heterocycles. The molecule has 0 spiro atoms. The molecule has 0 saturated carbocycles. The van der Waals surface area contributed by atoms with E-state index in [-0.39, 0.29) is 5.91 Å². The molecule has 1 amide bonds. The van der Waals surface area contributed by atoms with Crippen LogP contribution in [0.2, 0.25) is 0 Å². The second-order valence-electron chi connectivity index (χ2n) is 9.40. The van der Waals surface area contributed by atoms with Crippen molar-refractivity contribution in [1.29, 1.82) is 0 Å². The van der Waals surface area contributed by atoms with E-state index in [9.17, 15) is 4.79 Å². The number of amides is 1. The summed E-state index contributed by atoms with van der Waals surface area (Å²) < 4.78 is 1.97. The number of para-hydroxylation sites is 1. The summed E-state index contributed by atoms with van der Waals surface area (Å²) in [5.41, 5.74) is 4.43. The molecule has 2 aromatic heterocycles. The minimum atomic E-state index is -0.184. The number of anilines is 1. The summed E-state index contributed by atoms with van der Waals surface area (Å²) in [6.45, 7) is 3.70. The summed E-state index contributed by atoms with van der Waals surface area (Å²) in [4.78, 5) is 20.6. The highest BCUT2D eigenvalue weighted by Gasteiger charge is 2.15. The molecular formula is C29H34N6OS. The number of benzene rings is 2. The molecule has 2 aromatic carbocycles. The number of aromatic nitrogens is 4. The third-order valence-electron chi connectivity index (χ3n) is 6.73. The number of unbranched alkanes of at least 4 members (excludes halogenated alkanes) is 3. The van der Waals surface area contributed by atoms with Crippen molar-refractivity contribution in [3.63, 3.8) is 0 Å². The number of aryl methyl sites for hydroxylation is 1. The number of H-pyrrole nitrogens is 1. The normalized spacial score (nSPS) is 14.1. The Morgan fingerprint density at radius 3 is 2.62 bits per heavy atom. The van der Waals surface area contributed by atoms with Crippen LogP contribution in [0.3, 0.4) is 0 Å². The predicted molar refractivity (Wildman–Crippen MR) is 151 cm³/mol. The molecule has 1 aliphatic rings. The number of imidazole rings is 1. The van der Waals surface area contributed by atoms with Crippen molar-refractivity contribution in [2.24, 2.45) is 0 Å². The number of nitrogens with zero attached hydrogens (tertiary/aromatic N) is 4. The molecular weight excluding hydrogens is 480 g/mol. The lowest BCUT2D eigenvalue weighted by molar-refractivity contribution is 0.102. The smallest absolute Gasteiger partial charge is 0.258 e. The Labute approximate surface area is 222 Å². The van der Waals surface area contributed by atoms with Crippen molar-refractivity contribution < 1.29 is 4.79 Å². The van der Waals surface area contributed by atoms with Gasteiger partial charge in [-0.15, -0.1) is 0 Å². The van der Waals surface area contributed by atoms with E-state index in [0.29, 0.717) is 11.5 Å². The first-order valence-electron chi connectivity index (χ1n) is 13.1. The quantitative estimate of drug-likeness (QED) is 0.252. The van der Waals surface area contributed by atoms with Gasteiger partial charge < -0.3 is 4.90 Å². The third kappa shape index (κ3) is 6.90. The Hall–Kier alpha value is -3.36. The van der Waals surface area contributed by atoms with Gasteiger partial charge in [-0.25, -0.2) is 4.98 Å². The van der Waals surface area contributed by atoms with Crippen LogP contribution in [0.5, 0.6) is 0 Å². The van der Waals surface area contributed by atoms with Gasteiger partial charge in [-0.2, -0.15) is 16.9 Å². The van der Waals surface area contributed by atoms with Gasteiger partial charge in [-0.05, 0) is 55.6 Å². The summed E-state index contributed by atoms with van der Waals surface area (Å²) in [7, 11) is 0. The molecule has 5 rings (SSSR count). The number of nitrogens with one attached hydrogen (secondary N) is 2. The number of carbonyl (C=O) groups is 1. The van der Waals surface area contributed by atoms with Gasteiger partial charge in [0.05, 0.1) is 11.9 Å². The third-order valence-corrected chi connectivity index (χ3v) is 7.68. The monoisotopic (exact) mass is 514 g/mol. The molecule has 37 heavy (non-hydrogen) atoms. The zero-order valence-corrected chi connectivity index (χ0v) is 21.9. The van der Waals surface area contributed by atoms with Gasteiger partial charge in [0.25, 0.3) is 5.91 Å². The van der Waals surface area contributed by atoms with E-state index in [4.69, 9.17) is 4.98 Å². The molecule has 2 N–H and O–H groups in total. The van der Waals surface area contributed by atoms with Gasteiger partial charge in [-0.3, -0.25) is 19.8 Å². The summed E-state index contributed by atoms with van der Waals surface area (Å²) >= 11 is 2.07. The first-order valence-corrected chi connectivity index (χ1v) is 14.3. The Morgan fingerprint density at radius 1 is 0.973 bits per heavy atom. The molecule has 0 aliphatic carbocycles. The molecule has 4 aromatic rings. The number of rotatable bonds is 11. The van der Waals surface area contributed by atoms with E-state index in [1.165, 1.54) is 50.4 Å². The van der Waals surface area contributed by atoms with Gasteiger partial charge in [0.15, 0.2) is 0 Å². The molecule has 1 fully saturated rings. The summed E-state index contributed by atoms with van der Waals surface area (Å²) in [6.07, 6.45) is 11.3. The lowest BCUT2D eigenvalue weighted by Crippen LogP contribution is -2.33. The zero-order chi connectivity index (χ0) is 25.3. The van der Waals surface area contributed by atoms with Crippen LogP contribution in [0.1, 0.15) is 41.7 Å². The average molecular weight is 515 g/mol. The second-order valence-corrected chi connectivity index (χ2v) is 10.6. The Morgan fingerprint density at radius 2 is 1.81 bits per heavy atom. The highest BCUT2D eigenvalue weighted by Crippen LogP contribution is 2.22. The molecule has 192 valence electrons. The summed E-state index contributed by atoms with van der Waals surface area (Å²) in [5, 5.41) is 9.88. The number of aromatic amines is 1. The van der Waals surface area contributed by atoms with E-state index >= 15 is 0 Å². The molecule has 8 heteroatoms. The van der Waals surface area contributed by atoms with Crippen molar-refractivity contribution in [3.05, 3.63) is 84.4 Å². The van der Waals surface area contributed by atoms with Crippen LogP contribution < -0.4 is 5.32 Å². The van der Waals surface area contributed by atoms with Crippen LogP contribution in [0.4, 0.5) is 5.95 Å². The highest BCUT2D eigenvalue weighted by atomic mass is 32.2. The topological polar surface area (TPSA) is 78.8 Å². The standard InChI is InChI=1S/C29H34N6OS/c36-28(24-10-8-9-23(19-24)25-20-30-31-21-25)33-29-32-26(22-35(29)27-12-5-3-6-13-27)11-4-1-2-7-14-34-15-17-37-18-16-34/h3,5-6,8-10,12-13,19-22H,1-2,4,7,11,14-18H2,(H,30,31)(H,32,33,36). The number of hydrogen-bond acceptors (Lipinski definition) is 5. The summed E-state index contributed by atoms with van der Waals surface area (Å²) in [6, 6.07) is 17.6. The Balaban J connectivity index is 1.22. The van der Waals surface area contributed by atoms with Crippen LogP contribution >= 0.6 is 11.8 Å². The lowest BCUT2D eigenvalue weighted by Gasteiger charge is -2.25. The zero-order valence-electron chi connectivity index (χ0n) is 21.1. The highest BCUT2D eigenvalue weighted by molar-refractivity contribution is 7.99. The van der Waals surface area contributed by atoms with Crippen LogP contribution in [0.15, 0.2) is 73.2 Å². The van der Waals surface area contributed by atoms with Crippen molar-refractivity contribution in [2.75, 3.05) is 36.5 Å². The van der Waals surface area contributed by atoms with Crippen LogP contribution in [0, 0.1) is 0 Å². The molecule has 1 saturated heterocycles. The number of thioether (sulfide) groups is 1. The average Bonchev–Trinajstić information content (AvgIpc) is 3.63. The van der Waals surface area contributed by atoms with Gasteiger partial charge in [0, 0.05) is 53.8 Å². The molecule has 1 aliphatic heterocycles. The van der Waals surface area contributed by atoms with Gasteiger partial charge in [0.2, 0.25) is 5.95 Å². The fourth-order valence-corrected chi connectivity index (χ4v) is 5.64. The molecule has 0 bridgehead atoms. The SMILES string of the molecule is O=C(Nc1nc(CCCCCCN2CCSCC2)cn1-c1ccccc1)c1cccc(-c2cn[nH]c2)c1. The predicted octanol–water partition coefficient (Wildman–Crippen LogP) is 5.67. The largest absolute Gasteiger partial charge is 0.302 e. The maximum atomic E-state index is 13.2. The molecule has 0 atom stereocenters. The maximum absolute atomic E-state index is 13.2. The lowest BCUT2D eigenvalue weighted by atomic mass is 10.1. The Bertz CT molecular complexity index is 1260. The molecule has 0 unspecified atom stereocenters. The first-order chi connectivity index (χ1) is 18.3. The fourth-order valence-electron chi connectivity index (χ4n) is 4.67. The second kappa shape index (κ2) is 12.7. The molecule has 7 nitrogen and oxygen atoms in total.